The van der Waals surface area contributed by atoms with Crippen LogP contribution in [0.4, 0.5) is 0 Å². The number of aliphatic hydroxyl groups is 1. The molecule has 0 saturated carbocycles. The van der Waals surface area contributed by atoms with Crippen LogP contribution in [0, 0.1) is 0 Å². The zero-order valence-corrected chi connectivity index (χ0v) is 7.98. The normalized spacial score (nSPS) is 14.5. The van der Waals surface area contributed by atoms with Gasteiger partial charge in [0, 0.05) is 6.61 Å². The molecule has 2 atom stereocenters. The molecule has 0 heterocycles. The first kappa shape index (κ1) is 13.9. The average Bonchev–Trinajstić information content (AvgIpc) is 1.85. The molecule has 11 heavy (non-hydrogen) atoms. The van der Waals surface area contributed by atoms with Gasteiger partial charge in [-0.25, -0.2) is 4.31 Å². The standard InChI is InChI=1S/C3H8O.H4O5P2/c1-2-3-4;1-6(2)5-7(3)4/h4H,2-3H2,1H3;6-7H,(H,1,2)(H,3,4). The lowest BCUT2D eigenvalue weighted by atomic mass is 10.5. The van der Waals surface area contributed by atoms with Gasteiger partial charge in [0.1, 0.15) is 0 Å². The maximum atomic E-state index is 9.44. The highest BCUT2D eigenvalue weighted by Crippen LogP contribution is 2.30. The van der Waals surface area contributed by atoms with Crippen molar-refractivity contribution in [2.24, 2.45) is 0 Å². The van der Waals surface area contributed by atoms with Gasteiger partial charge in [-0.05, 0) is 6.42 Å². The predicted molar refractivity (Wildman–Crippen MR) is 40.9 cm³/mol. The van der Waals surface area contributed by atoms with Crippen LogP contribution in [0.15, 0.2) is 0 Å². The summed E-state index contributed by atoms with van der Waals surface area (Å²) in [6.07, 6.45) is 0.875. The Labute approximate surface area is 65.7 Å². The molecule has 70 valence electrons. The van der Waals surface area contributed by atoms with E-state index < -0.39 is 16.5 Å². The SMILES string of the molecule is CCCO.O=[PH](O)O[PH](=O)O. The van der Waals surface area contributed by atoms with Gasteiger partial charge in [0.25, 0.3) is 0 Å². The van der Waals surface area contributed by atoms with Crippen molar-refractivity contribution in [3.63, 3.8) is 0 Å². The summed E-state index contributed by atoms with van der Waals surface area (Å²) < 4.78 is 22.3. The van der Waals surface area contributed by atoms with Gasteiger partial charge in [-0.3, -0.25) is 9.13 Å². The van der Waals surface area contributed by atoms with Crippen molar-refractivity contribution in [1.29, 1.82) is 0 Å². The Kier molecular flexibility index (Phi) is 13.0. The van der Waals surface area contributed by atoms with E-state index in [1.54, 1.807) is 0 Å². The van der Waals surface area contributed by atoms with Crippen molar-refractivity contribution in [3.8, 4) is 0 Å². The van der Waals surface area contributed by atoms with Crippen molar-refractivity contribution >= 4 is 16.5 Å². The Bertz CT molecular complexity index is 111. The van der Waals surface area contributed by atoms with E-state index in [1.165, 1.54) is 0 Å². The van der Waals surface area contributed by atoms with Crippen LogP contribution in [0.2, 0.25) is 0 Å². The second kappa shape index (κ2) is 10.3. The first-order valence-electron chi connectivity index (χ1n) is 2.79. The van der Waals surface area contributed by atoms with Crippen LogP contribution in [0.3, 0.4) is 0 Å². The molecule has 0 saturated heterocycles. The first-order valence-corrected chi connectivity index (χ1v) is 5.31. The lowest BCUT2D eigenvalue weighted by Gasteiger charge is -1.86. The molecule has 2 unspecified atom stereocenters. The molecule has 0 aromatic heterocycles. The topological polar surface area (TPSA) is 104 Å². The fourth-order valence-corrected chi connectivity index (χ4v) is 0.672. The molecule has 0 aliphatic heterocycles. The Morgan fingerprint density at radius 1 is 1.27 bits per heavy atom. The summed E-state index contributed by atoms with van der Waals surface area (Å²) >= 11 is 0. The Balaban J connectivity index is 0. The van der Waals surface area contributed by atoms with Gasteiger partial charge in [0.05, 0.1) is 0 Å². The molecule has 0 aromatic rings. The predicted octanol–water partition coefficient (Wildman–Crippen LogP) is 0.156. The zero-order valence-electron chi connectivity index (χ0n) is 5.98. The summed E-state index contributed by atoms with van der Waals surface area (Å²) in [4.78, 5) is 15.4. The summed E-state index contributed by atoms with van der Waals surface area (Å²) in [5.41, 5.74) is 0. The Hall–Kier alpha value is 0.300. The van der Waals surface area contributed by atoms with Gasteiger partial charge >= 0.3 is 16.5 Å². The van der Waals surface area contributed by atoms with Crippen LogP contribution in [0.5, 0.6) is 0 Å². The van der Waals surface area contributed by atoms with Crippen molar-refractivity contribution < 1.29 is 28.3 Å². The van der Waals surface area contributed by atoms with Crippen LogP contribution in [-0.4, -0.2) is 21.5 Å². The molecule has 0 fully saturated rings. The fourth-order valence-electron chi connectivity index (χ4n) is 0.0747. The lowest BCUT2D eigenvalue weighted by molar-refractivity contribution is 0.295. The van der Waals surface area contributed by atoms with Crippen molar-refractivity contribution in [2.75, 3.05) is 6.61 Å². The number of hydrogen-bond acceptors (Lipinski definition) is 4. The molecule has 0 bridgehead atoms. The molecule has 6 nitrogen and oxygen atoms in total. The third-order valence-electron chi connectivity index (χ3n) is 0.398. The third-order valence-corrected chi connectivity index (χ3v) is 1.80. The minimum Gasteiger partial charge on any atom is -0.396 e. The molecular formula is C3H12O6P2. The molecule has 0 spiro atoms. The van der Waals surface area contributed by atoms with E-state index in [4.69, 9.17) is 14.9 Å². The van der Waals surface area contributed by atoms with E-state index >= 15 is 0 Å². The summed E-state index contributed by atoms with van der Waals surface area (Å²) in [5, 5.41) is 7.88. The van der Waals surface area contributed by atoms with E-state index in [0.29, 0.717) is 6.61 Å². The lowest BCUT2D eigenvalue weighted by Crippen LogP contribution is -1.69. The molecular weight excluding hydrogens is 194 g/mol. The zero-order chi connectivity index (χ0) is 9.28. The van der Waals surface area contributed by atoms with Crippen LogP contribution < -0.4 is 0 Å². The molecule has 8 heteroatoms. The van der Waals surface area contributed by atoms with Crippen molar-refractivity contribution in [3.05, 3.63) is 0 Å². The summed E-state index contributed by atoms with van der Waals surface area (Å²) in [5.74, 6) is 0. The van der Waals surface area contributed by atoms with E-state index in [9.17, 15) is 9.13 Å². The molecule has 0 rings (SSSR count). The third kappa shape index (κ3) is 25.3. The van der Waals surface area contributed by atoms with Gasteiger partial charge in [0.2, 0.25) is 0 Å². The highest BCUT2D eigenvalue weighted by molar-refractivity contribution is 7.46. The minimum atomic E-state index is -3.20. The van der Waals surface area contributed by atoms with E-state index in [1.807, 2.05) is 6.92 Å². The first-order chi connectivity index (χ1) is 5.04. The smallest absolute Gasteiger partial charge is 0.323 e. The molecule has 0 aromatic carbocycles. The van der Waals surface area contributed by atoms with Crippen LogP contribution in [0.25, 0.3) is 0 Å². The molecule has 0 amide bonds. The monoisotopic (exact) mass is 206 g/mol. The molecule has 0 radical (unpaired) electrons. The summed E-state index contributed by atoms with van der Waals surface area (Å²) in [6.45, 7) is 2.25. The van der Waals surface area contributed by atoms with Crippen LogP contribution >= 0.6 is 16.5 Å². The average molecular weight is 206 g/mol. The molecule has 0 aliphatic carbocycles. The fraction of sp³-hybridized carbons (Fsp3) is 1.00. The van der Waals surface area contributed by atoms with Crippen molar-refractivity contribution in [1.82, 2.24) is 0 Å². The number of hydrogen-bond donors (Lipinski definition) is 3. The Morgan fingerprint density at radius 2 is 1.55 bits per heavy atom. The Morgan fingerprint density at radius 3 is 1.55 bits per heavy atom. The highest BCUT2D eigenvalue weighted by atomic mass is 31.2. The van der Waals surface area contributed by atoms with Crippen molar-refractivity contribution in [2.45, 2.75) is 13.3 Å². The maximum absolute atomic E-state index is 9.44. The summed E-state index contributed by atoms with van der Waals surface area (Å²) in [7, 11) is -6.40. The highest BCUT2D eigenvalue weighted by Gasteiger charge is 1.93. The molecule has 0 aliphatic rings. The van der Waals surface area contributed by atoms with Gasteiger partial charge < -0.3 is 14.9 Å². The quantitative estimate of drug-likeness (QED) is 0.568. The van der Waals surface area contributed by atoms with Crippen LogP contribution in [0.1, 0.15) is 13.3 Å². The van der Waals surface area contributed by atoms with Crippen LogP contribution in [-0.2, 0) is 13.4 Å². The second-order valence-electron chi connectivity index (χ2n) is 1.36. The number of rotatable bonds is 3. The van der Waals surface area contributed by atoms with E-state index in [-0.39, 0.29) is 0 Å². The summed E-state index contributed by atoms with van der Waals surface area (Å²) in [6, 6.07) is 0. The van der Waals surface area contributed by atoms with E-state index in [2.05, 4.69) is 4.31 Å². The van der Waals surface area contributed by atoms with Gasteiger partial charge in [-0.2, -0.15) is 0 Å². The minimum absolute atomic E-state index is 0.319. The largest absolute Gasteiger partial charge is 0.396 e. The maximum Gasteiger partial charge on any atom is 0.323 e. The molecule has 3 N–H and O–H groups in total. The number of aliphatic hydroxyl groups excluding tert-OH is 1. The van der Waals surface area contributed by atoms with E-state index in [0.717, 1.165) is 6.42 Å². The van der Waals surface area contributed by atoms with Gasteiger partial charge in [0.15, 0.2) is 0 Å². The second-order valence-corrected chi connectivity index (χ2v) is 3.24. The van der Waals surface area contributed by atoms with Gasteiger partial charge in [-0.1, -0.05) is 6.92 Å². The van der Waals surface area contributed by atoms with Gasteiger partial charge in [-0.15, -0.1) is 0 Å².